The lowest BCUT2D eigenvalue weighted by atomic mass is 10.1. The van der Waals surface area contributed by atoms with E-state index < -0.39 is 11.8 Å². The van der Waals surface area contributed by atoms with Crippen LogP contribution in [0.3, 0.4) is 0 Å². The summed E-state index contributed by atoms with van der Waals surface area (Å²) >= 11 is 5.78. The summed E-state index contributed by atoms with van der Waals surface area (Å²) in [6.45, 7) is 2.14. The number of carbonyl (C=O) groups excluding carboxylic acids is 2. The highest BCUT2D eigenvalue weighted by molar-refractivity contribution is 6.39. The van der Waals surface area contributed by atoms with Crippen LogP contribution in [-0.4, -0.2) is 18.0 Å². The standard InChI is InChI=1S/C19H20ClN3O2/c1-2-3-4-14-7-11-17(12-8-14)22-18(24)19(25)23-21-13-15-5-9-16(20)10-6-15/h5-13H,2-4H2,1H3,(H,22,24)(H,23,25)/b21-13-. The summed E-state index contributed by atoms with van der Waals surface area (Å²) in [6, 6.07) is 14.4. The Morgan fingerprint density at radius 2 is 1.72 bits per heavy atom. The van der Waals surface area contributed by atoms with Gasteiger partial charge >= 0.3 is 11.8 Å². The molecule has 0 atom stereocenters. The Bertz CT molecular complexity index is 740. The first kappa shape index (κ1) is 18.7. The topological polar surface area (TPSA) is 70.6 Å². The Balaban J connectivity index is 1.83. The number of benzene rings is 2. The van der Waals surface area contributed by atoms with Crippen molar-refractivity contribution in [3.63, 3.8) is 0 Å². The van der Waals surface area contributed by atoms with E-state index in [-0.39, 0.29) is 0 Å². The van der Waals surface area contributed by atoms with Crippen molar-refractivity contribution in [3.8, 4) is 0 Å². The molecule has 2 aromatic carbocycles. The van der Waals surface area contributed by atoms with Crippen molar-refractivity contribution in [1.82, 2.24) is 5.43 Å². The molecule has 2 aromatic rings. The van der Waals surface area contributed by atoms with Gasteiger partial charge < -0.3 is 5.32 Å². The summed E-state index contributed by atoms with van der Waals surface area (Å²) in [5.41, 5.74) is 4.72. The molecule has 2 amide bonds. The van der Waals surface area contributed by atoms with E-state index >= 15 is 0 Å². The summed E-state index contributed by atoms with van der Waals surface area (Å²) in [4.78, 5) is 23.6. The number of halogens is 1. The van der Waals surface area contributed by atoms with E-state index in [9.17, 15) is 9.59 Å². The van der Waals surface area contributed by atoms with Gasteiger partial charge in [-0.3, -0.25) is 9.59 Å². The first-order valence-electron chi connectivity index (χ1n) is 8.07. The number of unbranched alkanes of at least 4 members (excludes halogenated alkanes) is 1. The molecule has 0 fully saturated rings. The van der Waals surface area contributed by atoms with Crippen LogP contribution in [0.1, 0.15) is 30.9 Å². The van der Waals surface area contributed by atoms with Gasteiger partial charge in [-0.15, -0.1) is 0 Å². The zero-order valence-electron chi connectivity index (χ0n) is 14.0. The number of nitrogens with zero attached hydrogens (tertiary/aromatic N) is 1. The molecule has 0 aromatic heterocycles. The van der Waals surface area contributed by atoms with E-state index in [0.717, 1.165) is 24.8 Å². The molecular formula is C19H20ClN3O2. The zero-order valence-corrected chi connectivity index (χ0v) is 14.7. The van der Waals surface area contributed by atoms with Crippen molar-refractivity contribution in [2.45, 2.75) is 26.2 Å². The molecule has 0 bridgehead atoms. The van der Waals surface area contributed by atoms with E-state index in [1.807, 2.05) is 12.1 Å². The number of anilines is 1. The van der Waals surface area contributed by atoms with Crippen LogP contribution in [0.15, 0.2) is 53.6 Å². The first-order chi connectivity index (χ1) is 12.1. The van der Waals surface area contributed by atoms with Gasteiger partial charge in [-0.05, 0) is 48.2 Å². The Morgan fingerprint density at radius 3 is 2.36 bits per heavy atom. The molecule has 6 heteroatoms. The molecule has 2 N–H and O–H groups in total. The third-order valence-corrected chi connectivity index (χ3v) is 3.74. The quantitative estimate of drug-likeness (QED) is 0.469. The second kappa shape index (κ2) is 9.59. The van der Waals surface area contributed by atoms with Crippen molar-refractivity contribution in [2.24, 2.45) is 5.10 Å². The smallest absolute Gasteiger partial charge is 0.318 e. The number of hydrazone groups is 1. The van der Waals surface area contributed by atoms with Gasteiger partial charge in [0, 0.05) is 10.7 Å². The lowest BCUT2D eigenvalue weighted by Crippen LogP contribution is -2.32. The van der Waals surface area contributed by atoms with E-state index in [1.54, 1.807) is 36.4 Å². The minimum absolute atomic E-state index is 0.571. The normalized spacial score (nSPS) is 10.6. The summed E-state index contributed by atoms with van der Waals surface area (Å²) in [5, 5.41) is 6.90. The Labute approximate surface area is 152 Å². The van der Waals surface area contributed by atoms with Crippen LogP contribution in [0.25, 0.3) is 0 Å². The van der Waals surface area contributed by atoms with Gasteiger partial charge in [0.05, 0.1) is 6.21 Å². The van der Waals surface area contributed by atoms with Gasteiger partial charge in [0.1, 0.15) is 0 Å². The van der Waals surface area contributed by atoms with Crippen molar-refractivity contribution in [3.05, 3.63) is 64.7 Å². The molecule has 130 valence electrons. The van der Waals surface area contributed by atoms with Crippen LogP contribution in [0, 0.1) is 0 Å². The molecule has 2 rings (SSSR count). The van der Waals surface area contributed by atoms with Crippen LogP contribution < -0.4 is 10.7 Å². The third-order valence-electron chi connectivity index (χ3n) is 3.49. The highest BCUT2D eigenvalue weighted by atomic mass is 35.5. The molecule has 0 saturated heterocycles. The van der Waals surface area contributed by atoms with Gasteiger partial charge in [0.15, 0.2) is 0 Å². The molecule has 25 heavy (non-hydrogen) atoms. The summed E-state index contributed by atoms with van der Waals surface area (Å²) in [7, 11) is 0. The van der Waals surface area contributed by atoms with Crippen molar-refractivity contribution in [2.75, 3.05) is 5.32 Å². The fourth-order valence-electron chi connectivity index (χ4n) is 2.09. The maximum atomic E-state index is 11.8. The number of aryl methyl sites for hydroxylation is 1. The molecular weight excluding hydrogens is 338 g/mol. The van der Waals surface area contributed by atoms with Crippen LogP contribution in [0.2, 0.25) is 5.02 Å². The molecule has 0 saturated carbocycles. The van der Waals surface area contributed by atoms with Crippen LogP contribution in [0.4, 0.5) is 5.69 Å². The second-order valence-corrected chi connectivity index (χ2v) is 5.94. The average Bonchev–Trinajstić information content (AvgIpc) is 2.62. The van der Waals surface area contributed by atoms with E-state index in [1.165, 1.54) is 11.8 Å². The van der Waals surface area contributed by atoms with Crippen molar-refractivity contribution in [1.29, 1.82) is 0 Å². The first-order valence-corrected chi connectivity index (χ1v) is 8.45. The lowest BCUT2D eigenvalue weighted by Gasteiger charge is -2.05. The van der Waals surface area contributed by atoms with E-state index in [4.69, 9.17) is 11.6 Å². The number of nitrogens with one attached hydrogen (secondary N) is 2. The fourth-order valence-corrected chi connectivity index (χ4v) is 2.21. The minimum Gasteiger partial charge on any atom is -0.318 e. The predicted octanol–water partition coefficient (Wildman–Crippen LogP) is 3.77. The third kappa shape index (κ3) is 6.39. The van der Waals surface area contributed by atoms with Gasteiger partial charge in [0.25, 0.3) is 0 Å². The lowest BCUT2D eigenvalue weighted by molar-refractivity contribution is -0.136. The van der Waals surface area contributed by atoms with Gasteiger partial charge in [-0.2, -0.15) is 5.10 Å². The summed E-state index contributed by atoms with van der Waals surface area (Å²) in [6.07, 6.45) is 4.70. The molecule has 0 unspecified atom stereocenters. The Morgan fingerprint density at radius 1 is 1.04 bits per heavy atom. The van der Waals surface area contributed by atoms with Gasteiger partial charge in [-0.1, -0.05) is 49.2 Å². The number of hydrogen-bond acceptors (Lipinski definition) is 3. The maximum absolute atomic E-state index is 11.8. The van der Waals surface area contributed by atoms with Crippen LogP contribution in [-0.2, 0) is 16.0 Å². The highest BCUT2D eigenvalue weighted by Gasteiger charge is 2.12. The monoisotopic (exact) mass is 357 g/mol. The molecule has 0 radical (unpaired) electrons. The number of carbonyl (C=O) groups is 2. The number of hydrogen-bond donors (Lipinski definition) is 2. The molecule has 0 heterocycles. The minimum atomic E-state index is -0.833. The Kier molecular flexibility index (Phi) is 7.16. The highest BCUT2D eigenvalue weighted by Crippen LogP contribution is 2.11. The molecule has 0 aliphatic rings. The van der Waals surface area contributed by atoms with E-state index in [2.05, 4.69) is 22.8 Å². The largest absolute Gasteiger partial charge is 0.329 e. The number of rotatable bonds is 6. The van der Waals surface area contributed by atoms with E-state index in [0.29, 0.717) is 10.7 Å². The van der Waals surface area contributed by atoms with Crippen molar-refractivity contribution < 1.29 is 9.59 Å². The zero-order chi connectivity index (χ0) is 18.1. The predicted molar refractivity (Wildman–Crippen MR) is 101 cm³/mol. The summed E-state index contributed by atoms with van der Waals surface area (Å²) < 4.78 is 0. The number of amides is 2. The SMILES string of the molecule is CCCCc1ccc(NC(=O)C(=O)N/N=C\c2ccc(Cl)cc2)cc1. The fraction of sp³-hybridized carbons (Fsp3) is 0.211. The molecule has 0 aliphatic heterocycles. The average molecular weight is 358 g/mol. The molecule has 0 aliphatic carbocycles. The van der Waals surface area contributed by atoms with Gasteiger partial charge in [-0.25, -0.2) is 5.43 Å². The summed E-state index contributed by atoms with van der Waals surface area (Å²) in [5.74, 6) is -1.60. The van der Waals surface area contributed by atoms with Crippen LogP contribution in [0.5, 0.6) is 0 Å². The van der Waals surface area contributed by atoms with Crippen LogP contribution >= 0.6 is 11.6 Å². The van der Waals surface area contributed by atoms with Crippen molar-refractivity contribution >= 4 is 35.3 Å². The van der Waals surface area contributed by atoms with Gasteiger partial charge in [0.2, 0.25) is 0 Å². The molecule has 0 spiro atoms. The Hall–Kier alpha value is -2.66. The maximum Gasteiger partial charge on any atom is 0.329 e. The molecule has 5 nitrogen and oxygen atoms in total. The second-order valence-electron chi connectivity index (χ2n) is 5.51.